The molecule has 1 amide bonds. The molecule has 0 aliphatic carbocycles. The fourth-order valence-electron chi connectivity index (χ4n) is 4.57. The zero-order valence-electron chi connectivity index (χ0n) is 25.2. The van der Waals surface area contributed by atoms with Crippen molar-refractivity contribution in [3.05, 3.63) is 65.7 Å². The highest BCUT2D eigenvalue weighted by molar-refractivity contribution is 7.89. The molecule has 0 unspecified atom stereocenters. The van der Waals surface area contributed by atoms with E-state index in [1.54, 1.807) is 44.2 Å². The second kappa shape index (κ2) is 14.6. The minimum atomic E-state index is -3.84. The third-order valence-corrected chi connectivity index (χ3v) is 8.35. The fraction of sp³-hybridized carbons (Fsp3) is 0.469. The summed E-state index contributed by atoms with van der Waals surface area (Å²) >= 11 is 0. The third kappa shape index (κ3) is 10.1. The number of carbonyl (C=O) groups excluding carboxylic acids is 5. The largest absolute Gasteiger partial charge is 0.346 e. The van der Waals surface area contributed by atoms with Gasteiger partial charge in [-0.3, -0.25) is 24.0 Å². The van der Waals surface area contributed by atoms with E-state index in [0.29, 0.717) is 11.1 Å². The smallest absolute Gasteiger partial charge is 0.238 e. The lowest BCUT2D eigenvalue weighted by atomic mass is 9.76. The molecule has 0 fully saturated rings. The van der Waals surface area contributed by atoms with Crippen LogP contribution in [0.3, 0.4) is 0 Å². The van der Waals surface area contributed by atoms with Crippen LogP contribution in [0.4, 0.5) is 0 Å². The summed E-state index contributed by atoms with van der Waals surface area (Å²) in [6.07, 6.45) is -0.112. The number of carbonyl (C=O) groups is 5. The summed E-state index contributed by atoms with van der Waals surface area (Å²) in [4.78, 5) is 65.0. The topological polar surface area (TPSA) is 158 Å². The van der Waals surface area contributed by atoms with Gasteiger partial charge in [0.2, 0.25) is 21.7 Å². The molecule has 0 radical (unpaired) electrons. The molecule has 228 valence electrons. The van der Waals surface area contributed by atoms with Crippen molar-refractivity contribution in [2.24, 2.45) is 28.3 Å². The number of benzene rings is 2. The third-order valence-electron chi connectivity index (χ3n) is 7.42. The predicted molar refractivity (Wildman–Crippen MR) is 160 cm³/mol. The highest BCUT2D eigenvalue weighted by atomic mass is 32.2. The van der Waals surface area contributed by atoms with Crippen LogP contribution in [0.15, 0.2) is 59.5 Å². The number of ketones is 4. The second-order valence-corrected chi connectivity index (χ2v) is 13.7. The van der Waals surface area contributed by atoms with Crippen LogP contribution in [0, 0.1) is 23.2 Å². The summed E-state index contributed by atoms with van der Waals surface area (Å²) in [5, 5.41) is 7.83. The number of primary sulfonamides is 1. The summed E-state index contributed by atoms with van der Waals surface area (Å²) in [6.45, 7) is 10.6. The number of amides is 1. The molecular formula is C32H42N2O7S. The number of rotatable bonds is 15. The van der Waals surface area contributed by atoms with Gasteiger partial charge in [0, 0.05) is 30.7 Å². The molecule has 0 heterocycles. The fourth-order valence-corrected chi connectivity index (χ4v) is 5.09. The van der Waals surface area contributed by atoms with E-state index in [0.717, 1.165) is 0 Å². The molecule has 2 aromatic carbocycles. The summed E-state index contributed by atoms with van der Waals surface area (Å²) in [7, 11) is -3.84. The van der Waals surface area contributed by atoms with Crippen LogP contribution in [-0.2, 0) is 35.6 Å². The minimum absolute atomic E-state index is 0.0212. The van der Waals surface area contributed by atoms with Gasteiger partial charge in [-0.2, -0.15) is 0 Å². The lowest BCUT2D eigenvalue weighted by Gasteiger charge is -2.30. The lowest BCUT2D eigenvalue weighted by molar-refractivity contribution is -0.141. The van der Waals surface area contributed by atoms with Crippen molar-refractivity contribution in [1.29, 1.82) is 0 Å². The lowest BCUT2D eigenvalue weighted by Crippen LogP contribution is -2.46. The van der Waals surface area contributed by atoms with Crippen molar-refractivity contribution in [3.8, 4) is 0 Å². The first kappa shape index (κ1) is 34.7. The Morgan fingerprint density at radius 2 is 1.43 bits per heavy atom. The van der Waals surface area contributed by atoms with Gasteiger partial charge in [-0.05, 0) is 42.4 Å². The SMILES string of the molecule is CC(C)[C@H](CC(=O)[C@H](C)NC(=O)[C@@H](CC(=O)c1ccccc1)C(C)(C)C)C(=O)C(=O)CCc1ccc(S(N)(=O)=O)cc1. The summed E-state index contributed by atoms with van der Waals surface area (Å²) in [6, 6.07) is 13.5. The number of Topliss-reactive ketones (excluding diaryl/α,β-unsaturated/α-hetero) is 4. The van der Waals surface area contributed by atoms with Crippen LogP contribution in [0.1, 0.15) is 76.7 Å². The van der Waals surface area contributed by atoms with Gasteiger partial charge >= 0.3 is 0 Å². The number of nitrogens with one attached hydrogen (secondary N) is 1. The first-order valence-electron chi connectivity index (χ1n) is 14.0. The predicted octanol–water partition coefficient (Wildman–Crippen LogP) is 4.08. The van der Waals surface area contributed by atoms with Crippen molar-refractivity contribution >= 4 is 39.1 Å². The molecule has 0 saturated carbocycles. The maximum atomic E-state index is 13.3. The second-order valence-electron chi connectivity index (χ2n) is 12.1. The van der Waals surface area contributed by atoms with Gasteiger partial charge in [0.05, 0.1) is 16.9 Å². The van der Waals surface area contributed by atoms with E-state index in [1.165, 1.54) is 31.2 Å². The highest BCUT2D eigenvalue weighted by Gasteiger charge is 2.36. The maximum absolute atomic E-state index is 13.3. The summed E-state index contributed by atoms with van der Waals surface area (Å²) in [5.74, 6) is -4.11. The van der Waals surface area contributed by atoms with Gasteiger partial charge in [-0.1, -0.05) is 77.1 Å². The summed E-state index contributed by atoms with van der Waals surface area (Å²) in [5.41, 5.74) is 0.613. The van der Waals surface area contributed by atoms with Crippen LogP contribution in [-0.4, -0.2) is 43.5 Å². The summed E-state index contributed by atoms with van der Waals surface area (Å²) < 4.78 is 22.8. The number of nitrogens with two attached hydrogens (primary N) is 1. The van der Waals surface area contributed by atoms with Gasteiger partial charge < -0.3 is 5.32 Å². The Bertz CT molecular complexity index is 1390. The molecule has 3 N–H and O–H groups in total. The molecule has 42 heavy (non-hydrogen) atoms. The Labute approximate surface area is 248 Å². The minimum Gasteiger partial charge on any atom is -0.346 e. The maximum Gasteiger partial charge on any atom is 0.238 e. The van der Waals surface area contributed by atoms with E-state index in [2.05, 4.69) is 5.32 Å². The van der Waals surface area contributed by atoms with Crippen molar-refractivity contribution in [2.45, 2.75) is 78.2 Å². The van der Waals surface area contributed by atoms with Crippen molar-refractivity contribution in [1.82, 2.24) is 5.32 Å². The van der Waals surface area contributed by atoms with E-state index >= 15 is 0 Å². The van der Waals surface area contributed by atoms with E-state index < -0.39 is 50.8 Å². The zero-order chi connectivity index (χ0) is 31.8. The molecule has 0 aliphatic rings. The monoisotopic (exact) mass is 598 g/mol. The first-order chi connectivity index (χ1) is 19.4. The molecule has 3 atom stereocenters. The van der Waals surface area contributed by atoms with Crippen LogP contribution in [0.5, 0.6) is 0 Å². The molecule has 0 aliphatic heterocycles. The molecule has 2 aromatic rings. The van der Waals surface area contributed by atoms with Crippen LogP contribution in [0.25, 0.3) is 0 Å². The number of sulfonamides is 1. The van der Waals surface area contributed by atoms with E-state index in [1.807, 2.05) is 20.8 Å². The van der Waals surface area contributed by atoms with Crippen molar-refractivity contribution < 1.29 is 32.4 Å². The van der Waals surface area contributed by atoms with Crippen molar-refractivity contribution in [3.63, 3.8) is 0 Å². The molecule has 0 bridgehead atoms. The van der Waals surface area contributed by atoms with Crippen LogP contribution < -0.4 is 10.5 Å². The quantitative estimate of drug-likeness (QED) is 0.231. The van der Waals surface area contributed by atoms with Gasteiger partial charge in [-0.15, -0.1) is 0 Å². The highest BCUT2D eigenvalue weighted by Crippen LogP contribution is 2.30. The Morgan fingerprint density at radius 1 is 0.857 bits per heavy atom. The van der Waals surface area contributed by atoms with Gasteiger partial charge in [0.1, 0.15) is 0 Å². The number of hydrogen-bond donors (Lipinski definition) is 2. The van der Waals surface area contributed by atoms with Gasteiger partial charge in [0.25, 0.3) is 0 Å². The standard InChI is InChI=1S/C32H42N2O7S/c1-20(2)25(30(38)27(35)17-14-22-12-15-24(16-13-22)42(33,40)41)18-28(36)21(3)34-31(39)26(32(4,5)6)19-29(37)23-10-8-7-9-11-23/h7-13,15-16,20-21,25-26H,14,17-19H2,1-6H3,(H,34,39)(H2,33,40,41)/t21-,25-,26+/m0/s1. The number of aryl methyl sites for hydroxylation is 1. The van der Waals surface area contributed by atoms with E-state index in [4.69, 9.17) is 5.14 Å². The Hall–Kier alpha value is -3.50. The zero-order valence-corrected chi connectivity index (χ0v) is 26.0. The van der Waals surface area contributed by atoms with E-state index in [9.17, 15) is 32.4 Å². The molecule has 0 saturated heterocycles. The van der Waals surface area contributed by atoms with Gasteiger partial charge in [0.15, 0.2) is 17.3 Å². The molecule has 0 spiro atoms. The van der Waals surface area contributed by atoms with Crippen LogP contribution >= 0.6 is 0 Å². The number of hydrogen-bond acceptors (Lipinski definition) is 7. The average molecular weight is 599 g/mol. The molecule has 0 aromatic heterocycles. The van der Waals surface area contributed by atoms with Gasteiger partial charge in [-0.25, -0.2) is 13.6 Å². The van der Waals surface area contributed by atoms with Crippen LogP contribution in [0.2, 0.25) is 0 Å². The van der Waals surface area contributed by atoms with E-state index in [-0.39, 0.29) is 48.1 Å². The Morgan fingerprint density at radius 3 is 1.93 bits per heavy atom. The normalized spacial score (nSPS) is 14.1. The molecule has 9 nitrogen and oxygen atoms in total. The molecule has 2 rings (SSSR count). The van der Waals surface area contributed by atoms with Crippen molar-refractivity contribution in [2.75, 3.05) is 0 Å². The average Bonchev–Trinajstić information content (AvgIpc) is 2.91. The molecular weight excluding hydrogens is 556 g/mol. The Kier molecular flexibility index (Phi) is 12.1. The first-order valence-corrected chi connectivity index (χ1v) is 15.6. The molecule has 10 heteroatoms. The Balaban J connectivity index is 2.02.